The normalized spacial score (nSPS) is 10.4. The van der Waals surface area contributed by atoms with Gasteiger partial charge in [0.2, 0.25) is 5.91 Å². The van der Waals surface area contributed by atoms with E-state index >= 15 is 0 Å². The van der Waals surface area contributed by atoms with Crippen LogP contribution in [-0.2, 0) is 4.79 Å². The molecule has 0 bridgehead atoms. The fraction of sp³-hybridized carbons (Fsp3) is 0.100. The maximum absolute atomic E-state index is 12.9. The van der Waals surface area contributed by atoms with Gasteiger partial charge in [-0.2, -0.15) is 5.10 Å². The molecule has 0 unspecified atom stereocenters. The number of nitrogens with zero attached hydrogens (tertiary/aromatic N) is 1. The van der Waals surface area contributed by atoms with Gasteiger partial charge < -0.3 is 5.32 Å². The molecule has 28 heavy (non-hydrogen) atoms. The summed E-state index contributed by atoms with van der Waals surface area (Å²) in [6.45, 7) is 1.79. The predicted octanol–water partition coefficient (Wildman–Crippen LogP) is 2.19. The van der Waals surface area contributed by atoms with Gasteiger partial charge in [-0.1, -0.05) is 60.7 Å². The van der Waals surface area contributed by atoms with E-state index < -0.39 is 11.8 Å². The number of H-pyrrole nitrogens is 1. The number of hydrogen-bond donors (Lipinski definition) is 4. The smallest absolute Gasteiger partial charge is 0.290 e. The number of aromatic nitrogens is 2. The zero-order valence-electron chi connectivity index (χ0n) is 15.1. The molecule has 0 saturated carbocycles. The van der Waals surface area contributed by atoms with Crippen LogP contribution < -0.4 is 16.2 Å². The lowest BCUT2D eigenvalue weighted by Gasteiger charge is -2.18. The van der Waals surface area contributed by atoms with Gasteiger partial charge in [-0.15, -0.1) is 0 Å². The molecular weight excluding hydrogens is 374 g/mol. The molecule has 3 rings (SSSR count). The van der Waals surface area contributed by atoms with Crippen LogP contribution in [0.15, 0.2) is 66.7 Å². The van der Waals surface area contributed by atoms with Crippen LogP contribution in [0.2, 0.25) is 0 Å². The Morgan fingerprint density at radius 2 is 1.54 bits per heavy atom. The summed E-state index contributed by atoms with van der Waals surface area (Å²) in [7, 11) is 0. The first-order valence-corrected chi connectivity index (χ1v) is 8.98. The topological polar surface area (TPSA) is 98.9 Å². The molecular formula is C20H19N5O2S. The third-order valence-corrected chi connectivity index (χ3v) is 4.20. The monoisotopic (exact) mass is 393 g/mol. The van der Waals surface area contributed by atoms with Gasteiger partial charge in [0.1, 0.15) is 0 Å². The van der Waals surface area contributed by atoms with Gasteiger partial charge in [-0.05, 0) is 36.3 Å². The Balaban J connectivity index is 1.66. The van der Waals surface area contributed by atoms with E-state index in [1.54, 1.807) is 13.0 Å². The van der Waals surface area contributed by atoms with Crippen molar-refractivity contribution in [1.29, 1.82) is 0 Å². The van der Waals surface area contributed by atoms with E-state index in [1.165, 1.54) is 0 Å². The Morgan fingerprint density at radius 1 is 0.964 bits per heavy atom. The summed E-state index contributed by atoms with van der Waals surface area (Å²) >= 11 is 5.14. The number of carbonyl (C=O) groups is 2. The third-order valence-electron chi connectivity index (χ3n) is 3.99. The van der Waals surface area contributed by atoms with E-state index in [9.17, 15) is 9.59 Å². The number of hydrogen-bond acceptors (Lipinski definition) is 4. The van der Waals surface area contributed by atoms with Gasteiger partial charge in [-0.3, -0.25) is 25.5 Å². The van der Waals surface area contributed by atoms with Crippen LogP contribution in [0.3, 0.4) is 0 Å². The van der Waals surface area contributed by atoms with Crippen molar-refractivity contribution in [3.05, 3.63) is 89.2 Å². The molecule has 0 aliphatic carbocycles. The summed E-state index contributed by atoms with van der Waals surface area (Å²) in [4.78, 5) is 24.9. The Hall–Kier alpha value is -3.52. The SMILES string of the molecule is Cc1cc(C(=O)NNC(=S)NC(=O)C(c2ccccc2)c2ccccc2)n[nH]1. The number of aryl methyl sites for hydroxylation is 1. The van der Waals surface area contributed by atoms with Crippen LogP contribution in [0.25, 0.3) is 0 Å². The predicted molar refractivity (Wildman–Crippen MR) is 109 cm³/mol. The minimum Gasteiger partial charge on any atom is -0.301 e. The molecule has 2 aromatic carbocycles. The van der Waals surface area contributed by atoms with Crippen LogP contribution in [0.4, 0.5) is 0 Å². The quantitative estimate of drug-likeness (QED) is 0.402. The maximum Gasteiger partial charge on any atom is 0.290 e. The molecule has 3 aromatic rings. The van der Waals surface area contributed by atoms with Crippen molar-refractivity contribution in [2.75, 3.05) is 0 Å². The molecule has 0 spiro atoms. The first-order chi connectivity index (χ1) is 13.5. The Labute approximate surface area is 167 Å². The van der Waals surface area contributed by atoms with Gasteiger partial charge in [-0.25, -0.2) is 0 Å². The molecule has 0 saturated heterocycles. The second-order valence-electron chi connectivity index (χ2n) is 6.09. The van der Waals surface area contributed by atoms with E-state index in [1.807, 2.05) is 60.7 Å². The highest BCUT2D eigenvalue weighted by Crippen LogP contribution is 2.24. The van der Waals surface area contributed by atoms with E-state index in [2.05, 4.69) is 26.4 Å². The van der Waals surface area contributed by atoms with Crippen molar-refractivity contribution >= 4 is 29.1 Å². The van der Waals surface area contributed by atoms with Gasteiger partial charge >= 0.3 is 0 Å². The maximum atomic E-state index is 12.9. The van der Waals surface area contributed by atoms with Gasteiger partial charge in [0.05, 0.1) is 5.92 Å². The summed E-state index contributed by atoms with van der Waals surface area (Å²) in [5, 5.41) is 9.15. The minimum atomic E-state index is -0.535. The molecule has 4 N–H and O–H groups in total. The van der Waals surface area contributed by atoms with Crippen LogP contribution >= 0.6 is 12.2 Å². The van der Waals surface area contributed by atoms with E-state index in [4.69, 9.17) is 12.2 Å². The van der Waals surface area contributed by atoms with E-state index in [0.717, 1.165) is 16.8 Å². The van der Waals surface area contributed by atoms with Crippen LogP contribution in [0, 0.1) is 6.92 Å². The Morgan fingerprint density at radius 3 is 2.04 bits per heavy atom. The van der Waals surface area contributed by atoms with E-state index in [0.29, 0.717) is 0 Å². The van der Waals surface area contributed by atoms with E-state index in [-0.39, 0.29) is 16.7 Å². The first kappa shape index (κ1) is 19.2. The molecule has 0 radical (unpaired) electrons. The average molecular weight is 393 g/mol. The summed E-state index contributed by atoms with van der Waals surface area (Å²) in [6.07, 6.45) is 0. The van der Waals surface area contributed by atoms with Crippen molar-refractivity contribution < 1.29 is 9.59 Å². The van der Waals surface area contributed by atoms with Crippen LogP contribution in [0.5, 0.6) is 0 Å². The lowest BCUT2D eigenvalue weighted by molar-refractivity contribution is -0.120. The number of rotatable bonds is 4. The standard InChI is InChI=1S/C20H19N5O2S/c1-13-12-16(23-22-13)18(26)24-25-20(28)21-19(27)17(14-8-4-2-5-9-14)15-10-6-3-7-11-15/h2-12,17H,1H3,(H,22,23)(H,24,26)(H2,21,25,27,28). The fourth-order valence-electron chi connectivity index (χ4n) is 2.71. The number of aromatic amines is 1. The summed E-state index contributed by atoms with van der Waals surface area (Å²) in [6, 6.07) is 20.4. The summed E-state index contributed by atoms with van der Waals surface area (Å²) < 4.78 is 0. The average Bonchev–Trinajstić information content (AvgIpc) is 3.14. The molecule has 7 nitrogen and oxygen atoms in total. The number of hydrazine groups is 1. The molecule has 142 valence electrons. The first-order valence-electron chi connectivity index (χ1n) is 8.57. The summed E-state index contributed by atoms with van der Waals surface area (Å²) in [5.74, 6) is -1.31. The number of thiocarbonyl (C=S) groups is 1. The Bertz CT molecular complexity index is 933. The van der Waals surface area contributed by atoms with Crippen molar-refractivity contribution in [2.45, 2.75) is 12.8 Å². The van der Waals surface area contributed by atoms with Crippen molar-refractivity contribution in [2.24, 2.45) is 0 Å². The lowest BCUT2D eigenvalue weighted by Crippen LogP contribution is -2.49. The summed E-state index contributed by atoms with van der Waals surface area (Å²) in [5.41, 5.74) is 7.58. The molecule has 1 aromatic heterocycles. The molecule has 0 fully saturated rings. The number of nitrogens with one attached hydrogen (secondary N) is 4. The van der Waals surface area contributed by atoms with Gasteiger partial charge in [0.25, 0.3) is 5.91 Å². The van der Waals surface area contributed by atoms with Gasteiger partial charge in [0, 0.05) is 5.69 Å². The van der Waals surface area contributed by atoms with Crippen molar-refractivity contribution in [1.82, 2.24) is 26.4 Å². The zero-order valence-corrected chi connectivity index (χ0v) is 15.9. The molecule has 0 aliphatic rings. The number of amides is 2. The highest BCUT2D eigenvalue weighted by atomic mass is 32.1. The van der Waals surface area contributed by atoms with Crippen LogP contribution in [0.1, 0.15) is 33.2 Å². The lowest BCUT2D eigenvalue weighted by atomic mass is 9.90. The Kier molecular flexibility index (Phi) is 6.13. The highest BCUT2D eigenvalue weighted by Gasteiger charge is 2.23. The van der Waals surface area contributed by atoms with Gasteiger partial charge in [0.15, 0.2) is 10.8 Å². The van der Waals surface area contributed by atoms with Crippen molar-refractivity contribution in [3.63, 3.8) is 0 Å². The van der Waals surface area contributed by atoms with Crippen molar-refractivity contribution in [3.8, 4) is 0 Å². The molecule has 8 heteroatoms. The number of benzene rings is 2. The third kappa shape index (κ3) is 4.80. The largest absolute Gasteiger partial charge is 0.301 e. The number of carbonyl (C=O) groups excluding carboxylic acids is 2. The minimum absolute atomic E-state index is 0.0116. The second kappa shape index (κ2) is 8.92. The molecule has 1 heterocycles. The molecule has 0 aliphatic heterocycles. The molecule has 2 amide bonds. The van der Waals surface area contributed by atoms with Crippen LogP contribution in [-0.4, -0.2) is 27.1 Å². The zero-order chi connectivity index (χ0) is 19.9. The molecule has 0 atom stereocenters. The fourth-order valence-corrected chi connectivity index (χ4v) is 2.87. The second-order valence-corrected chi connectivity index (χ2v) is 6.50. The highest BCUT2D eigenvalue weighted by molar-refractivity contribution is 7.80.